The van der Waals surface area contributed by atoms with E-state index in [-0.39, 0.29) is 0 Å². The number of hydrogen-bond acceptors (Lipinski definition) is 2. The van der Waals surface area contributed by atoms with Gasteiger partial charge in [0.15, 0.2) is 0 Å². The Morgan fingerprint density at radius 1 is 1.44 bits per heavy atom. The predicted octanol–water partition coefficient (Wildman–Crippen LogP) is 2.02. The van der Waals surface area contributed by atoms with Crippen LogP contribution in [0.1, 0.15) is 46.0 Å². The summed E-state index contributed by atoms with van der Waals surface area (Å²) in [5.41, 5.74) is 0. The summed E-state index contributed by atoms with van der Waals surface area (Å²) in [6.07, 6.45) is 5.23. The maximum atomic E-state index is 12.0. The van der Waals surface area contributed by atoms with Gasteiger partial charge in [0.25, 0.3) is 0 Å². The van der Waals surface area contributed by atoms with Gasteiger partial charge in [-0.3, -0.25) is 4.79 Å². The fourth-order valence-electron chi connectivity index (χ4n) is 2.18. The van der Waals surface area contributed by atoms with Gasteiger partial charge in [-0.15, -0.1) is 0 Å². The summed E-state index contributed by atoms with van der Waals surface area (Å²) >= 11 is 0. The van der Waals surface area contributed by atoms with Crippen molar-refractivity contribution in [3.8, 4) is 0 Å². The lowest BCUT2D eigenvalue weighted by Crippen LogP contribution is -2.38. The molecule has 0 aliphatic carbocycles. The molecule has 0 bridgehead atoms. The van der Waals surface area contributed by atoms with Crippen LogP contribution in [0.15, 0.2) is 0 Å². The molecular formula is C13H26N2O. The van der Waals surface area contributed by atoms with Crippen LogP contribution in [0.4, 0.5) is 0 Å². The number of carbonyl (C=O) groups is 1. The van der Waals surface area contributed by atoms with Crippen molar-refractivity contribution in [3.63, 3.8) is 0 Å². The topological polar surface area (TPSA) is 32.3 Å². The van der Waals surface area contributed by atoms with Gasteiger partial charge >= 0.3 is 0 Å². The third-order valence-corrected chi connectivity index (χ3v) is 3.71. The van der Waals surface area contributed by atoms with Gasteiger partial charge < -0.3 is 10.2 Å². The second-order valence-electron chi connectivity index (χ2n) is 5.06. The molecule has 3 heteroatoms. The lowest BCUT2D eigenvalue weighted by atomic mass is 10.0. The van der Waals surface area contributed by atoms with Crippen molar-refractivity contribution in [1.82, 2.24) is 10.2 Å². The molecule has 94 valence electrons. The summed E-state index contributed by atoms with van der Waals surface area (Å²) in [5.74, 6) is 0.833. The van der Waals surface area contributed by atoms with E-state index in [4.69, 9.17) is 0 Å². The molecule has 16 heavy (non-hydrogen) atoms. The Hall–Kier alpha value is -0.570. The van der Waals surface area contributed by atoms with Gasteiger partial charge in [0.05, 0.1) is 0 Å². The summed E-state index contributed by atoms with van der Waals surface area (Å²) < 4.78 is 0. The predicted molar refractivity (Wildman–Crippen MR) is 67.4 cm³/mol. The standard InChI is InChI=1S/C13H26N2O/c1-4-11(2)10-13(16)15(3)12-6-5-8-14-9-7-12/h11-12,14H,4-10H2,1-3H3. The maximum Gasteiger partial charge on any atom is 0.222 e. The van der Waals surface area contributed by atoms with Gasteiger partial charge in [-0.1, -0.05) is 20.3 Å². The highest BCUT2D eigenvalue weighted by Crippen LogP contribution is 2.15. The Morgan fingerprint density at radius 2 is 2.19 bits per heavy atom. The van der Waals surface area contributed by atoms with Crippen molar-refractivity contribution in [1.29, 1.82) is 0 Å². The van der Waals surface area contributed by atoms with Crippen LogP contribution in [-0.2, 0) is 4.79 Å². The summed E-state index contributed by atoms with van der Waals surface area (Å²) in [6.45, 7) is 6.45. The number of carbonyl (C=O) groups excluding carboxylic acids is 1. The van der Waals surface area contributed by atoms with E-state index >= 15 is 0 Å². The van der Waals surface area contributed by atoms with E-state index in [0.29, 0.717) is 24.3 Å². The Kier molecular flexibility index (Phi) is 5.81. The smallest absolute Gasteiger partial charge is 0.222 e. The molecule has 1 rings (SSSR count). The highest BCUT2D eigenvalue weighted by atomic mass is 16.2. The number of hydrogen-bond donors (Lipinski definition) is 1. The van der Waals surface area contributed by atoms with Crippen molar-refractivity contribution in [3.05, 3.63) is 0 Å². The zero-order chi connectivity index (χ0) is 12.0. The molecule has 2 unspecified atom stereocenters. The first-order valence-corrected chi connectivity index (χ1v) is 6.61. The quantitative estimate of drug-likeness (QED) is 0.795. The van der Waals surface area contributed by atoms with E-state index in [1.165, 1.54) is 6.42 Å². The largest absolute Gasteiger partial charge is 0.343 e. The van der Waals surface area contributed by atoms with Gasteiger partial charge in [0, 0.05) is 19.5 Å². The van der Waals surface area contributed by atoms with E-state index in [1.54, 1.807) is 0 Å². The highest BCUT2D eigenvalue weighted by Gasteiger charge is 2.21. The van der Waals surface area contributed by atoms with Crippen molar-refractivity contribution in [2.75, 3.05) is 20.1 Å². The fourth-order valence-corrected chi connectivity index (χ4v) is 2.18. The molecule has 1 aliphatic heterocycles. The minimum atomic E-state index is 0.321. The molecule has 0 radical (unpaired) electrons. The number of nitrogens with one attached hydrogen (secondary N) is 1. The van der Waals surface area contributed by atoms with Crippen LogP contribution in [-0.4, -0.2) is 37.0 Å². The average Bonchev–Trinajstić information content (AvgIpc) is 2.56. The van der Waals surface area contributed by atoms with Crippen molar-refractivity contribution in [2.24, 2.45) is 5.92 Å². The van der Waals surface area contributed by atoms with Crippen molar-refractivity contribution in [2.45, 2.75) is 52.0 Å². The second-order valence-corrected chi connectivity index (χ2v) is 5.06. The summed E-state index contributed by atoms with van der Waals surface area (Å²) in [7, 11) is 1.97. The average molecular weight is 226 g/mol. The Bertz CT molecular complexity index is 210. The third-order valence-electron chi connectivity index (χ3n) is 3.71. The summed E-state index contributed by atoms with van der Waals surface area (Å²) in [6, 6.07) is 0.451. The first-order chi connectivity index (χ1) is 7.65. The van der Waals surface area contributed by atoms with Gasteiger partial charge in [-0.2, -0.15) is 0 Å². The Balaban J connectivity index is 2.41. The maximum absolute atomic E-state index is 12.0. The normalized spacial score (nSPS) is 23.6. The van der Waals surface area contributed by atoms with Crippen LogP contribution < -0.4 is 5.32 Å². The minimum absolute atomic E-state index is 0.321. The molecule has 1 aliphatic rings. The lowest BCUT2D eigenvalue weighted by Gasteiger charge is -2.28. The SMILES string of the molecule is CCC(C)CC(=O)N(C)C1CCCNCC1. The zero-order valence-electron chi connectivity index (χ0n) is 11.0. The molecule has 1 heterocycles. The second kappa shape index (κ2) is 6.89. The molecular weight excluding hydrogens is 200 g/mol. The number of nitrogens with zero attached hydrogens (tertiary/aromatic N) is 1. The molecule has 1 N–H and O–H groups in total. The van der Waals surface area contributed by atoms with E-state index in [2.05, 4.69) is 19.2 Å². The van der Waals surface area contributed by atoms with Crippen molar-refractivity contribution >= 4 is 5.91 Å². The van der Waals surface area contributed by atoms with E-state index in [9.17, 15) is 4.79 Å². The Labute approximate surface area is 99.6 Å². The van der Waals surface area contributed by atoms with Crippen LogP contribution in [0.5, 0.6) is 0 Å². The fraction of sp³-hybridized carbons (Fsp3) is 0.923. The first kappa shape index (κ1) is 13.5. The Morgan fingerprint density at radius 3 is 2.88 bits per heavy atom. The van der Waals surface area contributed by atoms with Gasteiger partial charge in [-0.05, 0) is 38.3 Å². The van der Waals surface area contributed by atoms with Crippen LogP contribution >= 0.6 is 0 Å². The molecule has 0 aromatic rings. The lowest BCUT2D eigenvalue weighted by molar-refractivity contribution is -0.133. The third kappa shape index (κ3) is 4.12. The summed E-state index contributed by atoms with van der Waals surface area (Å²) in [5, 5.41) is 3.38. The van der Waals surface area contributed by atoms with Crippen LogP contribution in [0.3, 0.4) is 0 Å². The molecule has 0 spiro atoms. The first-order valence-electron chi connectivity index (χ1n) is 6.61. The molecule has 0 saturated carbocycles. The molecule has 1 amide bonds. The van der Waals surface area contributed by atoms with Gasteiger partial charge in [-0.25, -0.2) is 0 Å². The molecule has 1 fully saturated rings. The molecule has 1 saturated heterocycles. The van der Waals surface area contributed by atoms with E-state index in [0.717, 1.165) is 32.4 Å². The monoisotopic (exact) mass is 226 g/mol. The van der Waals surface area contributed by atoms with Crippen LogP contribution in [0.2, 0.25) is 0 Å². The van der Waals surface area contributed by atoms with Gasteiger partial charge in [0.1, 0.15) is 0 Å². The molecule has 3 nitrogen and oxygen atoms in total. The van der Waals surface area contributed by atoms with Crippen molar-refractivity contribution < 1.29 is 4.79 Å². The number of rotatable bonds is 4. The van der Waals surface area contributed by atoms with E-state index in [1.807, 2.05) is 11.9 Å². The van der Waals surface area contributed by atoms with Crippen LogP contribution in [0.25, 0.3) is 0 Å². The molecule has 2 atom stereocenters. The van der Waals surface area contributed by atoms with Crippen LogP contribution in [0, 0.1) is 5.92 Å². The molecule has 0 aromatic carbocycles. The minimum Gasteiger partial charge on any atom is -0.343 e. The van der Waals surface area contributed by atoms with Gasteiger partial charge in [0.2, 0.25) is 5.91 Å². The van der Waals surface area contributed by atoms with E-state index < -0.39 is 0 Å². The zero-order valence-corrected chi connectivity index (χ0v) is 11.0. The number of amides is 1. The highest BCUT2D eigenvalue weighted by molar-refractivity contribution is 5.76. The summed E-state index contributed by atoms with van der Waals surface area (Å²) in [4.78, 5) is 14.0. The molecule has 0 aromatic heterocycles.